The van der Waals surface area contributed by atoms with Gasteiger partial charge in [0.2, 0.25) is 0 Å². The van der Waals surface area contributed by atoms with E-state index in [1.54, 1.807) is 0 Å². The van der Waals surface area contributed by atoms with E-state index in [1.165, 1.54) is 10.9 Å². The molecule has 12 heavy (non-hydrogen) atoms. The molecule has 0 N–H and O–H groups in total. The first-order chi connectivity index (χ1) is 5.68. The van der Waals surface area contributed by atoms with Gasteiger partial charge in [0.1, 0.15) is 0 Å². The van der Waals surface area contributed by atoms with Gasteiger partial charge in [-0.2, -0.15) is 0 Å². The first-order valence-corrected chi connectivity index (χ1v) is 5.17. The summed E-state index contributed by atoms with van der Waals surface area (Å²) >= 11 is 6.92. The number of benzene rings is 1. The van der Waals surface area contributed by atoms with Crippen molar-refractivity contribution in [2.75, 3.05) is 0 Å². The van der Waals surface area contributed by atoms with E-state index < -0.39 is 0 Å². The molecule has 0 amide bonds. The standard InChI is InChI=1S/C9H7Br2N/c1-12-8-3-2-7(10)4-6(8)5-9(12)11/h2-5H,1H3. The maximum atomic E-state index is 3.48. The molecule has 62 valence electrons. The van der Waals surface area contributed by atoms with Crippen molar-refractivity contribution in [3.63, 3.8) is 0 Å². The first kappa shape index (κ1) is 8.32. The van der Waals surface area contributed by atoms with Crippen LogP contribution in [0.4, 0.5) is 0 Å². The Morgan fingerprint density at radius 3 is 2.67 bits per heavy atom. The molecule has 3 heteroatoms. The summed E-state index contributed by atoms with van der Waals surface area (Å²) < 4.78 is 4.34. The lowest BCUT2D eigenvalue weighted by Gasteiger charge is -1.96. The van der Waals surface area contributed by atoms with Gasteiger partial charge in [0.15, 0.2) is 0 Å². The van der Waals surface area contributed by atoms with Crippen LogP contribution >= 0.6 is 31.9 Å². The molecule has 0 bridgehead atoms. The Morgan fingerprint density at radius 2 is 1.92 bits per heavy atom. The second-order valence-electron chi connectivity index (χ2n) is 2.73. The number of hydrogen-bond donors (Lipinski definition) is 0. The quantitative estimate of drug-likeness (QED) is 0.697. The summed E-state index contributed by atoms with van der Waals surface area (Å²) in [6.07, 6.45) is 0. The van der Waals surface area contributed by atoms with Crippen LogP contribution < -0.4 is 0 Å². The van der Waals surface area contributed by atoms with Gasteiger partial charge in [-0.3, -0.25) is 0 Å². The van der Waals surface area contributed by atoms with Crippen LogP contribution in [0, 0.1) is 0 Å². The fourth-order valence-corrected chi connectivity index (χ4v) is 2.10. The summed E-state index contributed by atoms with van der Waals surface area (Å²) in [5.74, 6) is 0. The zero-order chi connectivity index (χ0) is 8.72. The highest BCUT2D eigenvalue weighted by atomic mass is 79.9. The Balaban J connectivity index is 2.87. The highest BCUT2D eigenvalue weighted by molar-refractivity contribution is 9.10. The minimum atomic E-state index is 1.11. The summed E-state index contributed by atoms with van der Waals surface area (Å²) in [4.78, 5) is 0. The van der Waals surface area contributed by atoms with Crippen molar-refractivity contribution in [3.05, 3.63) is 33.3 Å². The zero-order valence-corrected chi connectivity index (χ0v) is 9.68. The van der Waals surface area contributed by atoms with E-state index in [0.29, 0.717) is 0 Å². The molecule has 0 spiro atoms. The molecule has 1 aromatic carbocycles. The molecule has 1 heterocycles. The second kappa shape index (κ2) is 2.89. The van der Waals surface area contributed by atoms with Gasteiger partial charge in [0, 0.05) is 22.4 Å². The van der Waals surface area contributed by atoms with Crippen LogP contribution in [0.2, 0.25) is 0 Å². The van der Waals surface area contributed by atoms with Crippen LogP contribution in [-0.4, -0.2) is 4.57 Å². The number of aryl methyl sites for hydroxylation is 1. The van der Waals surface area contributed by atoms with Gasteiger partial charge >= 0.3 is 0 Å². The first-order valence-electron chi connectivity index (χ1n) is 3.59. The van der Waals surface area contributed by atoms with Crippen molar-refractivity contribution < 1.29 is 0 Å². The third-order valence-corrected chi connectivity index (χ3v) is 3.20. The van der Waals surface area contributed by atoms with E-state index in [1.807, 2.05) is 7.05 Å². The lowest BCUT2D eigenvalue weighted by atomic mass is 10.2. The average molecular weight is 289 g/mol. The normalized spacial score (nSPS) is 10.9. The molecule has 1 nitrogen and oxygen atoms in total. The van der Waals surface area contributed by atoms with Crippen molar-refractivity contribution in [2.45, 2.75) is 0 Å². The van der Waals surface area contributed by atoms with Gasteiger partial charge in [0.25, 0.3) is 0 Å². The lowest BCUT2D eigenvalue weighted by molar-refractivity contribution is 0.941. The minimum Gasteiger partial charge on any atom is -0.338 e. The van der Waals surface area contributed by atoms with Crippen LogP contribution in [-0.2, 0) is 7.05 Å². The predicted molar refractivity (Wildman–Crippen MR) is 58.3 cm³/mol. The Bertz CT molecular complexity index is 431. The van der Waals surface area contributed by atoms with Crippen LogP contribution in [0.15, 0.2) is 33.3 Å². The summed E-state index contributed by atoms with van der Waals surface area (Å²) in [6.45, 7) is 0. The summed E-state index contributed by atoms with van der Waals surface area (Å²) in [7, 11) is 2.04. The number of rotatable bonds is 0. The molecule has 0 fully saturated rings. The summed E-state index contributed by atoms with van der Waals surface area (Å²) in [6, 6.07) is 8.37. The predicted octanol–water partition coefficient (Wildman–Crippen LogP) is 3.70. The lowest BCUT2D eigenvalue weighted by Crippen LogP contribution is -1.85. The average Bonchev–Trinajstić information content (AvgIpc) is 2.28. The third kappa shape index (κ3) is 1.21. The van der Waals surface area contributed by atoms with E-state index in [2.05, 4.69) is 60.7 Å². The molecule has 0 saturated carbocycles. The number of aromatic nitrogens is 1. The molecular formula is C9H7Br2N. The number of nitrogens with zero attached hydrogens (tertiary/aromatic N) is 1. The van der Waals surface area contributed by atoms with Gasteiger partial charge in [-0.1, -0.05) is 15.9 Å². The fraction of sp³-hybridized carbons (Fsp3) is 0.111. The molecule has 2 aromatic rings. The molecule has 0 saturated heterocycles. The number of fused-ring (bicyclic) bond motifs is 1. The molecular weight excluding hydrogens is 282 g/mol. The Morgan fingerprint density at radius 1 is 1.17 bits per heavy atom. The highest BCUT2D eigenvalue weighted by Crippen LogP contribution is 2.25. The van der Waals surface area contributed by atoms with Gasteiger partial charge in [-0.25, -0.2) is 0 Å². The molecule has 1 aromatic heterocycles. The second-order valence-corrected chi connectivity index (χ2v) is 4.46. The van der Waals surface area contributed by atoms with E-state index >= 15 is 0 Å². The minimum absolute atomic E-state index is 1.11. The van der Waals surface area contributed by atoms with E-state index in [0.717, 1.165) is 9.08 Å². The molecule has 0 aliphatic carbocycles. The third-order valence-electron chi connectivity index (χ3n) is 1.95. The Hall–Kier alpha value is -0.280. The Labute approximate surface area is 87.6 Å². The van der Waals surface area contributed by atoms with Crippen LogP contribution in [0.1, 0.15) is 0 Å². The number of halogens is 2. The van der Waals surface area contributed by atoms with Gasteiger partial charge < -0.3 is 4.57 Å². The molecule has 0 aliphatic heterocycles. The zero-order valence-electron chi connectivity index (χ0n) is 6.51. The Kier molecular flexibility index (Phi) is 2.00. The SMILES string of the molecule is Cn1c(Br)cc2cc(Br)ccc21. The maximum Gasteiger partial charge on any atom is 0.0854 e. The molecule has 0 aliphatic rings. The molecule has 0 radical (unpaired) electrons. The van der Waals surface area contributed by atoms with Crippen molar-refractivity contribution in [1.29, 1.82) is 0 Å². The largest absolute Gasteiger partial charge is 0.338 e. The molecule has 0 unspecified atom stereocenters. The smallest absolute Gasteiger partial charge is 0.0854 e. The van der Waals surface area contributed by atoms with Crippen LogP contribution in [0.5, 0.6) is 0 Å². The van der Waals surface area contributed by atoms with Crippen LogP contribution in [0.3, 0.4) is 0 Å². The topological polar surface area (TPSA) is 4.93 Å². The van der Waals surface area contributed by atoms with Crippen molar-refractivity contribution in [3.8, 4) is 0 Å². The van der Waals surface area contributed by atoms with Gasteiger partial charge in [0.05, 0.1) is 4.60 Å². The van der Waals surface area contributed by atoms with Crippen LogP contribution in [0.25, 0.3) is 10.9 Å². The monoisotopic (exact) mass is 287 g/mol. The van der Waals surface area contributed by atoms with Crippen molar-refractivity contribution in [1.82, 2.24) is 4.57 Å². The fourth-order valence-electron chi connectivity index (χ4n) is 1.29. The van der Waals surface area contributed by atoms with E-state index in [-0.39, 0.29) is 0 Å². The summed E-state index contributed by atoms with van der Waals surface area (Å²) in [5.41, 5.74) is 1.24. The summed E-state index contributed by atoms with van der Waals surface area (Å²) in [5, 5.41) is 1.25. The van der Waals surface area contributed by atoms with E-state index in [9.17, 15) is 0 Å². The van der Waals surface area contributed by atoms with Crippen molar-refractivity contribution >= 4 is 42.8 Å². The molecule has 0 atom stereocenters. The number of hydrogen-bond acceptors (Lipinski definition) is 0. The van der Waals surface area contributed by atoms with Crippen molar-refractivity contribution in [2.24, 2.45) is 7.05 Å². The van der Waals surface area contributed by atoms with Gasteiger partial charge in [-0.15, -0.1) is 0 Å². The van der Waals surface area contributed by atoms with Gasteiger partial charge in [-0.05, 0) is 40.2 Å². The maximum absolute atomic E-state index is 3.48. The molecule has 2 rings (SSSR count). The van der Waals surface area contributed by atoms with E-state index in [4.69, 9.17) is 0 Å². The highest BCUT2D eigenvalue weighted by Gasteiger charge is 2.02.